The summed E-state index contributed by atoms with van der Waals surface area (Å²) in [6.45, 7) is 3.22. The molecular formula is C17H18N6O3. The second-order valence-corrected chi connectivity index (χ2v) is 6.11. The van der Waals surface area contributed by atoms with Crippen LogP contribution in [0.3, 0.4) is 0 Å². The van der Waals surface area contributed by atoms with E-state index >= 15 is 0 Å². The molecule has 1 aliphatic heterocycles. The third kappa shape index (κ3) is 3.28. The highest BCUT2D eigenvalue weighted by Crippen LogP contribution is 2.21. The van der Waals surface area contributed by atoms with Crippen molar-refractivity contribution in [1.82, 2.24) is 29.8 Å². The number of fused-ring (bicyclic) bond motifs is 1. The number of hydrogen-bond acceptors (Lipinski definition) is 7. The molecule has 0 radical (unpaired) electrons. The fraction of sp³-hybridized carbons (Fsp3) is 0.353. The normalized spacial score (nSPS) is 16.8. The molecule has 1 aliphatic rings. The first-order valence-corrected chi connectivity index (χ1v) is 8.34. The van der Waals surface area contributed by atoms with Crippen LogP contribution in [0.25, 0.3) is 0 Å². The lowest BCUT2D eigenvalue weighted by Gasteiger charge is -2.28. The van der Waals surface area contributed by atoms with Crippen LogP contribution < -0.4 is 4.74 Å². The number of nitrogens with zero attached hydrogens (tertiary/aromatic N) is 6. The number of amides is 1. The average molecular weight is 354 g/mol. The number of aryl methyl sites for hydroxylation is 2. The molecule has 1 amide bonds. The third-order valence-electron chi connectivity index (χ3n) is 4.31. The molecule has 4 rings (SSSR count). The van der Waals surface area contributed by atoms with Crippen molar-refractivity contribution < 1.29 is 14.1 Å². The van der Waals surface area contributed by atoms with Crippen molar-refractivity contribution in [3.63, 3.8) is 0 Å². The van der Waals surface area contributed by atoms with Crippen LogP contribution in [0.4, 0.5) is 0 Å². The molecule has 26 heavy (non-hydrogen) atoms. The number of hydrogen-bond donors (Lipinski definition) is 0. The molecule has 0 bridgehead atoms. The van der Waals surface area contributed by atoms with Gasteiger partial charge in [0.25, 0.3) is 5.91 Å². The monoisotopic (exact) mass is 354 g/mol. The summed E-state index contributed by atoms with van der Waals surface area (Å²) in [5.74, 6) is 0.436. The Labute approximate surface area is 149 Å². The predicted octanol–water partition coefficient (Wildman–Crippen LogP) is 1.46. The molecule has 0 saturated carbocycles. The summed E-state index contributed by atoms with van der Waals surface area (Å²) < 4.78 is 12.8. The second-order valence-electron chi connectivity index (χ2n) is 6.11. The highest BCUT2D eigenvalue weighted by atomic mass is 16.5. The summed E-state index contributed by atoms with van der Waals surface area (Å²) in [6.07, 6.45) is 7.15. The lowest BCUT2D eigenvalue weighted by molar-refractivity contribution is 0.0544. The quantitative estimate of drug-likeness (QED) is 0.699. The average Bonchev–Trinajstić information content (AvgIpc) is 3.26. The van der Waals surface area contributed by atoms with E-state index in [0.717, 1.165) is 5.69 Å². The van der Waals surface area contributed by atoms with Gasteiger partial charge in [-0.3, -0.25) is 14.5 Å². The number of carbonyl (C=O) groups is 1. The van der Waals surface area contributed by atoms with E-state index in [1.54, 1.807) is 42.7 Å². The molecule has 0 unspecified atom stereocenters. The van der Waals surface area contributed by atoms with Gasteiger partial charge in [-0.2, -0.15) is 5.10 Å². The van der Waals surface area contributed by atoms with Crippen molar-refractivity contribution in [2.45, 2.75) is 32.5 Å². The second kappa shape index (κ2) is 6.95. The van der Waals surface area contributed by atoms with Crippen LogP contribution >= 0.6 is 0 Å². The van der Waals surface area contributed by atoms with Crippen LogP contribution in [0, 0.1) is 6.92 Å². The molecular weight excluding hydrogens is 336 g/mol. The molecule has 0 spiro atoms. The Balaban J connectivity index is 1.57. The minimum Gasteiger partial charge on any atom is -0.474 e. The van der Waals surface area contributed by atoms with Gasteiger partial charge in [0, 0.05) is 31.2 Å². The SMILES string of the molecule is Cc1cc(C(=O)N2Cc3ccnn3CC[C@H]2COc2cnccn2)on1. The minimum atomic E-state index is -0.215. The molecule has 3 aromatic heterocycles. The van der Waals surface area contributed by atoms with E-state index < -0.39 is 0 Å². The van der Waals surface area contributed by atoms with Crippen molar-refractivity contribution in [1.29, 1.82) is 0 Å². The van der Waals surface area contributed by atoms with Crippen LogP contribution in [0.2, 0.25) is 0 Å². The molecule has 9 heteroatoms. The summed E-state index contributed by atoms with van der Waals surface area (Å²) >= 11 is 0. The number of ether oxygens (including phenoxy) is 1. The lowest BCUT2D eigenvalue weighted by atomic mass is 10.1. The number of aromatic nitrogens is 5. The van der Waals surface area contributed by atoms with E-state index in [2.05, 4.69) is 20.2 Å². The van der Waals surface area contributed by atoms with Crippen LogP contribution in [-0.2, 0) is 13.1 Å². The van der Waals surface area contributed by atoms with Gasteiger partial charge in [-0.15, -0.1) is 0 Å². The Bertz CT molecular complexity index is 891. The van der Waals surface area contributed by atoms with E-state index in [9.17, 15) is 4.79 Å². The maximum Gasteiger partial charge on any atom is 0.293 e. The molecule has 0 fully saturated rings. The summed E-state index contributed by atoms with van der Waals surface area (Å²) in [5, 5.41) is 8.14. The van der Waals surface area contributed by atoms with E-state index in [-0.39, 0.29) is 17.7 Å². The Hall–Kier alpha value is -3.23. The van der Waals surface area contributed by atoms with Gasteiger partial charge < -0.3 is 14.2 Å². The molecule has 134 valence electrons. The maximum atomic E-state index is 13.0. The number of carbonyl (C=O) groups excluding carboxylic acids is 1. The smallest absolute Gasteiger partial charge is 0.293 e. The van der Waals surface area contributed by atoms with Gasteiger partial charge in [-0.1, -0.05) is 5.16 Å². The first-order valence-electron chi connectivity index (χ1n) is 8.34. The van der Waals surface area contributed by atoms with E-state index in [4.69, 9.17) is 9.26 Å². The fourth-order valence-corrected chi connectivity index (χ4v) is 2.98. The Kier molecular flexibility index (Phi) is 4.34. The van der Waals surface area contributed by atoms with Gasteiger partial charge in [0.15, 0.2) is 0 Å². The molecule has 0 saturated heterocycles. The lowest BCUT2D eigenvalue weighted by Crippen LogP contribution is -2.42. The van der Waals surface area contributed by atoms with Crippen LogP contribution in [0.15, 0.2) is 41.4 Å². The zero-order valence-corrected chi connectivity index (χ0v) is 14.3. The van der Waals surface area contributed by atoms with Crippen molar-refractivity contribution in [2.24, 2.45) is 0 Å². The molecule has 4 heterocycles. The zero-order valence-electron chi connectivity index (χ0n) is 14.3. The van der Waals surface area contributed by atoms with Crippen molar-refractivity contribution in [3.05, 3.63) is 54.1 Å². The molecule has 1 atom stereocenters. The first kappa shape index (κ1) is 16.2. The highest BCUT2D eigenvalue weighted by molar-refractivity contribution is 5.91. The standard InChI is InChI=1S/C17H18N6O3/c1-12-8-15(26-21-12)17(24)22-10-13-2-4-20-23(13)7-3-14(22)11-25-16-9-18-5-6-19-16/h2,4-6,8-9,14H,3,7,10-11H2,1H3/t14-/m0/s1. The summed E-state index contributed by atoms with van der Waals surface area (Å²) in [5.41, 5.74) is 1.64. The zero-order chi connectivity index (χ0) is 17.9. The molecule has 0 aromatic carbocycles. The van der Waals surface area contributed by atoms with Gasteiger partial charge in [0.2, 0.25) is 11.6 Å². The van der Waals surface area contributed by atoms with Gasteiger partial charge in [-0.05, 0) is 19.4 Å². The van der Waals surface area contributed by atoms with Crippen LogP contribution in [-0.4, -0.2) is 48.4 Å². The van der Waals surface area contributed by atoms with Gasteiger partial charge >= 0.3 is 0 Å². The molecule has 0 aliphatic carbocycles. The van der Waals surface area contributed by atoms with E-state index in [0.29, 0.717) is 37.7 Å². The largest absolute Gasteiger partial charge is 0.474 e. The van der Waals surface area contributed by atoms with Crippen LogP contribution in [0.1, 0.15) is 28.4 Å². The summed E-state index contributed by atoms with van der Waals surface area (Å²) in [6, 6.07) is 3.40. The molecule has 3 aromatic rings. The molecule has 9 nitrogen and oxygen atoms in total. The van der Waals surface area contributed by atoms with Gasteiger partial charge in [0.05, 0.1) is 30.2 Å². The Morgan fingerprint density at radius 3 is 3.08 bits per heavy atom. The van der Waals surface area contributed by atoms with Gasteiger partial charge in [0.1, 0.15) is 6.61 Å². The van der Waals surface area contributed by atoms with Crippen molar-refractivity contribution in [2.75, 3.05) is 6.61 Å². The summed E-state index contributed by atoms with van der Waals surface area (Å²) in [4.78, 5) is 22.8. The Morgan fingerprint density at radius 1 is 1.38 bits per heavy atom. The summed E-state index contributed by atoms with van der Waals surface area (Å²) in [7, 11) is 0. The van der Waals surface area contributed by atoms with E-state index in [1.807, 2.05) is 10.7 Å². The Morgan fingerprint density at radius 2 is 2.31 bits per heavy atom. The third-order valence-corrected chi connectivity index (χ3v) is 4.31. The minimum absolute atomic E-state index is 0.156. The van der Waals surface area contributed by atoms with E-state index in [1.165, 1.54) is 0 Å². The highest BCUT2D eigenvalue weighted by Gasteiger charge is 2.31. The first-order chi connectivity index (χ1) is 12.7. The predicted molar refractivity (Wildman–Crippen MR) is 89.3 cm³/mol. The van der Waals surface area contributed by atoms with Gasteiger partial charge in [-0.25, -0.2) is 4.98 Å². The fourth-order valence-electron chi connectivity index (χ4n) is 2.98. The maximum absolute atomic E-state index is 13.0. The van der Waals surface area contributed by atoms with Crippen LogP contribution in [0.5, 0.6) is 5.88 Å². The molecule has 0 N–H and O–H groups in total. The van der Waals surface area contributed by atoms with Crippen molar-refractivity contribution >= 4 is 5.91 Å². The van der Waals surface area contributed by atoms with Crippen molar-refractivity contribution in [3.8, 4) is 5.88 Å². The topological polar surface area (TPSA) is 99.2 Å². The number of rotatable bonds is 4.